The first-order valence-corrected chi connectivity index (χ1v) is 8.73. The van der Waals surface area contributed by atoms with Gasteiger partial charge in [0.25, 0.3) is 0 Å². The van der Waals surface area contributed by atoms with Gasteiger partial charge in [0.15, 0.2) is 5.96 Å². The molecule has 0 unspecified atom stereocenters. The zero-order chi connectivity index (χ0) is 19.8. The summed E-state index contributed by atoms with van der Waals surface area (Å²) in [6, 6.07) is 18.4. The van der Waals surface area contributed by atoms with Crippen molar-refractivity contribution in [2.45, 2.75) is 19.7 Å². The van der Waals surface area contributed by atoms with Crippen molar-refractivity contribution in [2.75, 3.05) is 7.05 Å². The van der Waals surface area contributed by atoms with Crippen molar-refractivity contribution >= 4 is 5.96 Å². The highest BCUT2D eigenvalue weighted by atomic mass is 19.3. The Balaban J connectivity index is 1.55. The van der Waals surface area contributed by atoms with Crippen LogP contribution in [0.25, 0.3) is 5.69 Å². The lowest BCUT2D eigenvalue weighted by Crippen LogP contribution is -2.36. The van der Waals surface area contributed by atoms with Gasteiger partial charge in [-0.25, -0.2) is 4.68 Å². The number of rotatable bonds is 7. The number of nitrogens with zero attached hydrogens (tertiary/aromatic N) is 3. The molecule has 0 aliphatic heterocycles. The van der Waals surface area contributed by atoms with Crippen LogP contribution in [0.4, 0.5) is 8.78 Å². The Morgan fingerprint density at radius 2 is 1.75 bits per heavy atom. The number of hydrogen-bond donors (Lipinski definition) is 2. The van der Waals surface area contributed by atoms with Crippen molar-refractivity contribution in [3.63, 3.8) is 0 Å². The van der Waals surface area contributed by atoms with E-state index in [4.69, 9.17) is 0 Å². The second-order valence-electron chi connectivity index (χ2n) is 5.85. The average molecular weight is 385 g/mol. The molecule has 0 bridgehead atoms. The van der Waals surface area contributed by atoms with Crippen molar-refractivity contribution in [1.82, 2.24) is 20.4 Å². The van der Waals surface area contributed by atoms with Gasteiger partial charge in [0, 0.05) is 25.4 Å². The second kappa shape index (κ2) is 9.50. The third kappa shape index (κ3) is 5.29. The third-order valence-electron chi connectivity index (χ3n) is 3.96. The molecule has 2 N–H and O–H groups in total. The maximum atomic E-state index is 12.5. The smallest absolute Gasteiger partial charge is 0.387 e. The summed E-state index contributed by atoms with van der Waals surface area (Å²) in [5.74, 6) is 0.670. The van der Waals surface area contributed by atoms with E-state index >= 15 is 0 Å². The molecule has 3 aromatic rings. The molecule has 0 spiro atoms. The van der Waals surface area contributed by atoms with E-state index in [2.05, 4.69) is 25.5 Å². The number of alkyl halides is 2. The van der Waals surface area contributed by atoms with Gasteiger partial charge in [0.05, 0.1) is 17.9 Å². The molecule has 3 rings (SSSR count). The number of aromatic nitrogens is 2. The summed E-state index contributed by atoms with van der Waals surface area (Å²) in [7, 11) is 1.64. The van der Waals surface area contributed by atoms with E-state index in [0.29, 0.717) is 24.6 Å². The van der Waals surface area contributed by atoms with Crippen LogP contribution in [0, 0.1) is 0 Å². The maximum absolute atomic E-state index is 12.5. The van der Waals surface area contributed by atoms with Crippen molar-refractivity contribution in [3.05, 3.63) is 78.1 Å². The number of benzene rings is 2. The molecule has 2 aromatic carbocycles. The fraction of sp³-hybridized carbons (Fsp3) is 0.200. The molecule has 0 fully saturated rings. The fourth-order valence-electron chi connectivity index (χ4n) is 2.62. The van der Waals surface area contributed by atoms with Gasteiger partial charge in [0.2, 0.25) is 0 Å². The van der Waals surface area contributed by atoms with E-state index in [1.165, 1.54) is 6.07 Å². The van der Waals surface area contributed by atoms with E-state index in [0.717, 1.165) is 11.4 Å². The van der Waals surface area contributed by atoms with Crippen molar-refractivity contribution in [3.8, 4) is 11.4 Å². The van der Waals surface area contributed by atoms with Crippen molar-refractivity contribution in [2.24, 2.45) is 4.99 Å². The lowest BCUT2D eigenvalue weighted by atomic mass is 10.2. The minimum Gasteiger partial charge on any atom is -0.434 e. The largest absolute Gasteiger partial charge is 0.434 e. The molecule has 146 valence electrons. The molecule has 28 heavy (non-hydrogen) atoms. The first-order chi connectivity index (χ1) is 13.7. The van der Waals surface area contributed by atoms with E-state index in [1.807, 2.05) is 42.6 Å². The van der Waals surface area contributed by atoms with Crippen LogP contribution >= 0.6 is 0 Å². The maximum Gasteiger partial charge on any atom is 0.387 e. The van der Waals surface area contributed by atoms with Crippen molar-refractivity contribution in [1.29, 1.82) is 0 Å². The highest BCUT2D eigenvalue weighted by Gasteiger charge is 2.09. The summed E-state index contributed by atoms with van der Waals surface area (Å²) in [6.07, 6.45) is 1.89. The number of halogens is 2. The molecule has 1 heterocycles. The van der Waals surface area contributed by atoms with E-state index < -0.39 is 6.61 Å². The van der Waals surface area contributed by atoms with Crippen LogP contribution in [0.15, 0.2) is 71.9 Å². The molecule has 0 atom stereocenters. The number of ether oxygens (including phenoxy) is 1. The number of aliphatic imine (C=N–C) groups is 1. The standard InChI is InChI=1S/C20H21F2N5O/c1-23-20(24-13-15-7-5-6-10-18(15)28-19(21)22)25-14-16-11-12-27(26-16)17-8-3-2-4-9-17/h2-12,19H,13-14H2,1H3,(H2,23,24,25). The summed E-state index contributed by atoms with van der Waals surface area (Å²) in [5, 5.41) is 10.8. The summed E-state index contributed by atoms with van der Waals surface area (Å²) in [5.41, 5.74) is 2.43. The van der Waals surface area contributed by atoms with Crippen molar-refractivity contribution < 1.29 is 13.5 Å². The molecule has 0 aliphatic rings. The quantitative estimate of drug-likeness (QED) is 0.484. The normalized spacial score (nSPS) is 11.5. The third-order valence-corrected chi connectivity index (χ3v) is 3.96. The Labute approximate surface area is 161 Å². The fourth-order valence-corrected chi connectivity index (χ4v) is 2.62. The molecule has 0 amide bonds. The molecule has 0 radical (unpaired) electrons. The monoisotopic (exact) mass is 385 g/mol. The molecular formula is C20H21F2N5O. The molecular weight excluding hydrogens is 364 g/mol. The predicted molar refractivity (Wildman–Crippen MR) is 104 cm³/mol. The Hall–Kier alpha value is -3.42. The van der Waals surface area contributed by atoms with Gasteiger partial charge in [-0.3, -0.25) is 4.99 Å². The zero-order valence-corrected chi connectivity index (χ0v) is 15.3. The lowest BCUT2D eigenvalue weighted by Gasteiger charge is -2.14. The van der Waals surface area contributed by atoms with Crippen LogP contribution < -0.4 is 15.4 Å². The molecule has 8 heteroatoms. The molecule has 0 saturated carbocycles. The van der Waals surface area contributed by atoms with Crippen LogP contribution in [0.2, 0.25) is 0 Å². The Bertz CT molecular complexity index is 912. The zero-order valence-electron chi connectivity index (χ0n) is 15.3. The molecule has 6 nitrogen and oxygen atoms in total. The van der Waals surface area contributed by atoms with E-state index in [-0.39, 0.29) is 5.75 Å². The van der Waals surface area contributed by atoms with Gasteiger partial charge in [-0.15, -0.1) is 0 Å². The van der Waals surface area contributed by atoms with Gasteiger partial charge >= 0.3 is 6.61 Å². The van der Waals surface area contributed by atoms with Crippen LogP contribution in [0.5, 0.6) is 5.75 Å². The topological polar surface area (TPSA) is 63.5 Å². The minimum atomic E-state index is -2.86. The van der Waals surface area contributed by atoms with Gasteiger partial charge in [-0.05, 0) is 24.3 Å². The van der Waals surface area contributed by atoms with E-state index in [1.54, 1.807) is 29.9 Å². The van der Waals surface area contributed by atoms with Crippen LogP contribution in [0.3, 0.4) is 0 Å². The van der Waals surface area contributed by atoms with Crippen LogP contribution in [-0.2, 0) is 13.1 Å². The first kappa shape index (κ1) is 19.3. The number of guanidine groups is 1. The second-order valence-corrected chi connectivity index (χ2v) is 5.85. The van der Waals surface area contributed by atoms with Crippen LogP contribution in [0.1, 0.15) is 11.3 Å². The SMILES string of the molecule is CN=C(NCc1ccn(-c2ccccc2)n1)NCc1ccccc1OC(F)F. The molecule has 1 aromatic heterocycles. The average Bonchev–Trinajstić information content (AvgIpc) is 3.18. The molecule has 0 aliphatic carbocycles. The Morgan fingerprint density at radius 3 is 2.50 bits per heavy atom. The number of nitrogens with one attached hydrogen (secondary N) is 2. The van der Waals surface area contributed by atoms with Gasteiger partial charge < -0.3 is 15.4 Å². The lowest BCUT2D eigenvalue weighted by molar-refractivity contribution is -0.0504. The van der Waals surface area contributed by atoms with Crippen LogP contribution in [-0.4, -0.2) is 29.4 Å². The number of para-hydroxylation sites is 2. The Morgan fingerprint density at radius 1 is 1.04 bits per heavy atom. The summed E-state index contributed by atoms with van der Waals surface area (Å²) < 4.78 is 31.4. The van der Waals surface area contributed by atoms with Gasteiger partial charge in [-0.2, -0.15) is 13.9 Å². The van der Waals surface area contributed by atoms with E-state index in [9.17, 15) is 8.78 Å². The molecule has 0 saturated heterocycles. The minimum absolute atomic E-state index is 0.141. The first-order valence-electron chi connectivity index (χ1n) is 8.73. The Kier molecular flexibility index (Phi) is 6.56. The highest BCUT2D eigenvalue weighted by molar-refractivity contribution is 5.79. The van der Waals surface area contributed by atoms with Gasteiger partial charge in [0.1, 0.15) is 5.75 Å². The highest BCUT2D eigenvalue weighted by Crippen LogP contribution is 2.19. The van der Waals surface area contributed by atoms with Gasteiger partial charge in [-0.1, -0.05) is 36.4 Å². The number of hydrogen-bond acceptors (Lipinski definition) is 3. The predicted octanol–water partition coefficient (Wildman–Crippen LogP) is 3.34. The summed E-state index contributed by atoms with van der Waals surface area (Å²) >= 11 is 0. The summed E-state index contributed by atoms with van der Waals surface area (Å²) in [4.78, 5) is 4.14. The summed E-state index contributed by atoms with van der Waals surface area (Å²) in [6.45, 7) is -2.10.